The zero-order valence-electron chi connectivity index (χ0n) is 16.7. The summed E-state index contributed by atoms with van der Waals surface area (Å²) in [5.41, 5.74) is 3.09. The van der Waals surface area contributed by atoms with Crippen LogP contribution in [0.5, 0.6) is 5.75 Å². The molecule has 5 heteroatoms. The van der Waals surface area contributed by atoms with Crippen LogP contribution < -0.4 is 15.0 Å². The van der Waals surface area contributed by atoms with E-state index in [-0.39, 0.29) is 5.82 Å². The summed E-state index contributed by atoms with van der Waals surface area (Å²) in [6.45, 7) is 8.38. The van der Waals surface area contributed by atoms with Crippen molar-refractivity contribution in [3.63, 3.8) is 0 Å². The Morgan fingerprint density at radius 1 is 1.29 bits per heavy atom. The van der Waals surface area contributed by atoms with Crippen molar-refractivity contribution in [3.8, 4) is 5.75 Å². The molecule has 0 saturated heterocycles. The number of rotatable bonds is 8. The Morgan fingerprint density at radius 3 is 2.61 bits per heavy atom. The highest BCUT2D eigenvalue weighted by Gasteiger charge is 2.12. The average molecular weight is 401 g/mol. The van der Waals surface area contributed by atoms with Gasteiger partial charge in [-0.05, 0) is 60.9 Å². The fraction of sp³-hybridized carbons (Fsp3) is 0.217. The highest BCUT2D eigenvalue weighted by molar-refractivity contribution is 6.35. The van der Waals surface area contributed by atoms with Crippen molar-refractivity contribution < 1.29 is 9.13 Å². The van der Waals surface area contributed by atoms with Crippen LogP contribution in [-0.2, 0) is 0 Å². The molecule has 2 rings (SSSR count). The van der Waals surface area contributed by atoms with Gasteiger partial charge in [-0.15, -0.1) is 0 Å². The van der Waals surface area contributed by atoms with Crippen molar-refractivity contribution in [2.45, 2.75) is 13.8 Å². The average Bonchev–Trinajstić information content (AvgIpc) is 2.71. The third-order valence-corrected chi connectivity index (χ3v) is 4.73. The molecule has 0 radical (unpaired) electrons. The van der Waals surface area contributed by atoms with Gasteiger partial charge in [-0.25, -0.2) is 4.39 Å². The Hall–Kier alpha value is -2.72. The van der Waals surface area contributed by atoms with E-state index in [4.69, 9.17) is 16.3 Å². The predicted octanol–water partition coefficient (Wildman–Crippen LogP) is 5.87. The van der Waals surface area contributed by atoms with Crippen LogP contribution in [0.1, 0.15) is 18.1 Å². The van der Waals surface area contributed by atoms with Crippen LogP contribution in [-0.4, -0.2) is 20.7 Å². The number of benzene rings is 2. The maximum atomic E-state index is 13.6. The standard InChI is InChI=1S/C23H26ClFN2O/c1-6-20(17-11-12-22(25)16(3)13-17)21(24)15-23(26-4)27(7-2)18-9-8-10-19(14-18)28-5/h6,8-15,26H,1,7H2,2-5H3/b21-20-,23-15+. The Bertz CT molecular complexity index is 905. The van der Waals surface area contributed by atoms with Gasteiger partial charge in [-0.2, -0.15) is 0 Å². The molecule has 148 valence electrons. The minimum absolute atomic E-state index is 0.245. The monoisotopic (exact) mass is 400 g/mol. The molecular weight excluding hydrogens is 375 g/mol. The van der Waals surface area contributed by atoms with E-state index >= 15 is 0 Å². The molecule has 0 fully saturated rings. The summed E-state index contributed by atoms with van der Waals surface area (Å²) in [7, 11) is 3.49. The SMILES string of the molecule is C=C/C(=C(Cl)\C=C(/NC)N(CC)c1cccc(OC)c1)c1ccc(F)c(C)c1. The smallest absolute Gasteiger partial charge is 0.126 e. The summed E-state index contributed by atoms with van der Waals surface area (Å²) in [4.78, 5) is 2.08. The van der Waals surface area contributed by atoms with Gasteiger partial charge in [0, 0.05) is 25.3 Å². The number of allylic oxidation sites excluding steroid dienone is 4. The zero-order valence-corrected chi connectivity index (χ0v) is 17.5. The van der Waals surface area contributed by atoms with Crippen molar-refractivity contribution in [2.24, 2.45) is 0 Å². The lowest BCUT2D eigenvalue weighted by Crippen LogP contribution is -2.29. The van der Waals surface area contributed by atoms with Gasteiger partial charge >= 0.3 is 0 Å². The molecule has 2 aromatic carbocycles. The van der Waals surface area contributed by atoms with E-state index < -0.39 is 0 Å². The Morgan fingerprint density at radius 2 is 2.04 bits per heavy atom. The zero-order chi connectivity index (χ0) is 20.7. The predicted molar refractivity (Wildman–Crippen MR) is 117 cm³/mol. The first-order valence-corrected chi connectivity index (χ1v) is 9.42. The highest BCUT2D eigenvalue weighted by Crippen LogP contribution is 2.28. The molecule has 0 amide bonds. The number of nitrogens with one attached hydrogen (secondary N) is 1. The van der Waals surface area contributed by atoms with Crippen LogP contribution in [0.4, 0.5) is 10.1 Å². The van der Waals surface area contributed by atoms with Crippen LogP contribution in [0, 0.1) is 12.7 Å². The fourth-order valence-corrected chi connectivity index (χ4v) is 3.21. The van der Waals surface area contributed by atoms with Crippen LogP contribution >= 0.6 is 11.6 Å². The lowest BCUT2D eigenvalue weighted by Gasteiger charge is -2.26. The van der Waals surface area contributed by atoms with E-state index in [2.05, 4.69) is 23.7 Å². The summed E-state index contributed by atoms with van der Waals surface area (Å²) in [5.74, 6) is 1.35. The number of anilines is 1. The van der Waals surface area contributed by atoms with Crippen molar-refractivity contribution in [3.05, 3.63) is 89.0 Å². The quantitative estimate of drug-likeness (QED) is 0.561. The largest absolute Gasteiger partial charge is 0.497 e. The van der Waals surface area contributed by atoms with Crippen LogP contribution in [0.2, 0.25) is 0 Å². The molecule has 0 aromatic heterocycles. The molecule has 28 heavy (non-hydrogen) atoms. The van der Waals surface area contributed by atoms with E-state index in [1.807, 2.05) is 37.4 Å². The highest BCUT2D eigenvalue weighted by atomic mass is 35.5. The van der Waals surface area contributed by atoms with Gasteiger partial charge in [0.05, 0.1) is 12.1 Å². The number of hydrogen-bond donors (Lipinski definition) is 1. The molecule has 3 nitrogen and oxygen atoms in total. The van der Waals surface area contributed by atoms with Gasteiger partial charge in [0.25, 0.3) is 0 Å². The Kier molecular flexibility index (Phi) is 7.70. The molecule has 0 saturated carbocycles. The van der Waals surface area contributed by atoms with Crippen molar-refractivity contribution in [2.75, 3.05) is 25.6 Å². The molecular formula is C23H26ClFN2O. The van der Waals surface area contributed by atoms with Gasteiger partial charge in [0.2, 0.25) is 0 Å². The molecule has 2 aromatic rings. The number of ether oxygens (including phenoxy) is 1. The third-order valence-electron chi connectivity index (χ3n) is 4.42. The fourth-order valence-electron chi connectivity index (χ4n) is 2.92. The maximum Gasteiger partial charge on any atom is 0.126 e. The molecule has 1 N–H and O–H groups in total. The molecule has 0 aliphatic rings. The first kappa shape index (κ1) is 21.6. The van der Waals surface area contributed by atoms with E-state index in [0.717, 1.165) is 34.9 Å². The first-order chi connectivity index (χ1) is 13.4. The normalized spacial score (nSPS) is 12.3. The lowest BCUT2D eigenvalue weighted by molar-refractivity contribution is 0.415. The summed E-state index contributed by atoms with van der Waals surface area (Å²) >= 11 is 6.64. The van der Waals surface area contributed by atoms with E-state index in [0.29, 0.717) is 10.6 Å². The Balaban J connectivity index is 2.50. The topological polar surface area (TPSA) is 24.5 Å². The summed E-state index contributed by atoms with van der Waals surface area (Å²) in [6.07, 6.45) is 3.53. The van der Waals surface area contributed by atoms with Gasteiger partial charge in [0.15, 0.2) is 0 Å². The van der Waals surface area contributed by atoms with Crippen LogP contribution in [0.3, 0.4) is 0 Å². The molecule has 0 spiro atoms. The number of aryl methyl sites for hydroxylation is 1. The molecule has 0 heterocycles. The van der Waals surface area contributed by atoms with E-state index in [1.165, 1.54) is 6.07 Å². The van der Waals surface area contributed by atoms with Crippen molar-refractivity contribution >= 4 is 22.9 Å². The van der Waals surface area contributed by atoms with Crippen LogP contribution in [0.25, 0.3) is 5.57 Å². The molecule has 0 atom stereocenters. The van der Waals surface area contributed by atoms with E-state index in [9.17, 15) is 4.39 Å². The minimum atomic E-state index is -0.245. The van der Waals surface area contributed by atoms with Gasteiger partial charge < -0.3 is 15.0 Å². The molecule has 0 bridgehead atoms. The number of hydrogen-bond acceptors (Lipinski definition) is 3. The van der Waals surface area contributed by atoms with Gasteiger partial charge in [-0.1, -0.05) is 36.4 Å². The third kappa shape index (κ3) is 4.96. The summed E-state index contributed by atoms with van der Waals surface area (Å²) in [6, 6.07) is 12.7. The molecule has 0 aliphatic carbocycles. The second-order valence-electron chi connectivity index (χ2n) is 6.16. The second kappa shape index (κ2) is 10.00. The number of nitrogens with zero attached hydrogens (tertiary/aromatic N) is 1. The summed E-state index contributed by atoms with van der Waals surface area (Å²) < 4.78 is 19.0. The van der Waals surface area contributed by atoms with Gasteiger partial charge in [0.1, 0.15) is 17.4 Å². The van der Waals surface area contributed by atoms with Gasteiger partial charge in [-0.3, -0.25) is 0 Å². The summed E-state index contributed by atoms with van der Waals surface area (Å²) in [5, 5.41) is 3.71. The van der Waals surface area contributed by atoms with Crippen molar-refractivity contribution in [1.82, 2.24) is 5.32 Å². The Labute approximate surface area is 171 Å². The minimum Gasteiger partial charge on any atom is -0.497 e. The lowest BCUT2D eigenvalue weighted by atomic mass is 10.0. The number of halogens is 2. The molecule has 0 aliphatic heterocycles. The number of methoxy groups -OCH3 is 1. The van der Waals surface area contributed by atoms with Crippen LogP contribution in [0.15, 0.2) is 72.0 Å². The van der Waals surface area contributed by atoms with E-state index in [1.54, 1.807) is 32.2 Å². The first-order valence-electron chi connectivity index (χ1n) is 9.04. The molecule has 0 unspecified atom stereocenters. The maximum absolute atomic E-state index is 13.6. The second-order valence-corrected chi connectivity index (χ2v) is 6.56. The van der Waals surface area contributed by atoms with Crippen molar-refractivity contribution in [1.29, 1.82) is 0 Å².